The largest absolute Gasteiger partial charge is 0.454 e. The molecule has 1 unspecified atom stereocenters. The van der Waals surface area contributed by atoms with Crippen LogP contribution in [0.1, 0.15) is 39.0 Å². The van der Waals surface area contributed by atoms with Crippen molar-refractivity contribution in [3.8, 4) is 0 Å². The van der Waals surface area contributed by atoms with E-state index in [1.165, 1.54) is 4.90 Å². The number of hydrogen-bond donors (Lipinski definition) is 1. The summed E-state index contributed by atoms with van der Waals surface area (Å²) in [5.74, 6) is -1.70. The van der Waals surface area contributed by atoms with E-state index in [-0.39, 0.29) is 30.1 Å². The molecule has 8 atom stereocenters. The molecule has 0 aromatic heterocycles. The third-order valence-corrected chi connectivity index (χ3v) is 8.78. The molecule has 0 bridgehead atoms. The molecule has 1 N–H and O–H groups in total. The lowest BCUT2D eigenvalue weighted by Gasteiger charge is -2.43. The first-order valence-corrected chi connectivity index (χ1v) is 10.8. The van der Waals surface area contributed by atoms with E-state index >= 15 is 0 Å². The standard InChI is InChI=1S/C20H24BrNO5/c1-10-6-7-11-4-2-3-5-12(11)14(10)15(23)19(21)17-20(26)13(16(24)27-17)8-9-22(20)18(19)25/h6-7,10-14,17,26H,2-5,8-9H2,1H3/t10-,11+,12-,13-,14?,17-,19+,20+/m0/s1. The van der Waals surface area contributed by atoms with Crippen LogP contribution >= 0.6 is 15.9 Å². The highest BCUT2D eigenvalue weighted by atomic mass is 79.9. The Bertz CT molecular complexity index is 767. The minimum absolute atomic E-state index is 0.0112. The van der Waals surface area contributed by atoms with Crippen molar-refractivity contribution in [2.45, 2.75) is 55.2 Å². The van der Waals surface area contributed by atoms with Crippen LogP contribution in [0.25, 0.3) is 0 Å². The Kier molecular flexibility index (Phi) is 3.74. The Labute approximate surface area is 166 Å². The molecule has 2 aliphatic carbocycles. The summed E-state index contributed by atoms with van der Waals surface area (Å²) in [5, 5.41) is 11.2. The number of allylic oxidation sites excluding steroid dienone is 2. The highest BCUT2D eigenvalue weighted by Gasteiger charge is 2.80. The van der Waals surface area contributed by atoms with Gasteiger partial charge < -0.3 is 14.7 Å². The van der Waals surface area contributed by atoms with Gasteiger partial charge in [0.1, 0.15) is 5.92 Å². The lowest BCUT2D eigenvalue weighted by molar-refractivity contribution is -0.148. The fourth-order valence-corrected chi connectivity index (χ4v) is 7.20. The molecule has 4 fully saturated rings. The molecular formula is C20H24BrNO5. The third kappa shape index (κ3) is 2.02. The van der Waals surface area contributed by atoms with Crippen LogP contribution in [-0.4, -0.2) is 50.4 Å². The maximum absolute atomic E-state index is 13.8. The summed E-state index contributed by atoms with van der Waals surface area (Å²) in [6.45, 7) is 2.29. The molecule has 3 saturated heterocycles. The van der Waals surface area contributed by atoms with Gasteiger partial charge in [-0.25, -0.2) is 0 Å². The van der Waals surface area contributed by atoms with Gasteiger partial charge in [0.05, 0.1) is 0 Å². The number of carbonyl (C=O) groups excluding carboxylic acids is 3. The van der Waals surface area contributed by atoms with Gasteiger partial charge in [0, 0.05) is 12.5 Å². The maximum atomic E-state index is 13.8. The number of aliphatic hydroxyl groups is 1. The normalized spacial score (nSPS) is 50.6. The molecule has 0 aromatic rings. The van der Waals surface area contributed by atoms with Gasteiger partial charge in [0.15, 0.2) is 17.6 Å². The molecule has 0 aromatic carbocycles. The quantitative estimate of drug-likeness (QED) is 0.308. The smallest absolute Gasteiger partial charge is 0.314 e. The summed E-state index contributed by atoms with van der Waals surface area (Å²) < 4.78 is 3.77. The van der Waals surface area contributed by atoms with Gasteiger partial charge in [-0.2, -0.15) is 0 Å². The van der Waals surface area contributed by atoms with E-state index in [0.29, 0.717) is 12.3 Å². The van der Waals surface area contributed by atoms with E-state index < -0.39 is 33.9 Å². The number of nitrogens with zero attached hydrogens (tertiary/aromatic N) is 1. The Morgan fingerprint density at radius 1 is 1.26 bits per heavy atom. The molecule has 27 heavy (non-hydrogen) atoms. The van der Waals surface area contributed by atoms with Gasteiger partial charge in [-0.05, 0) is 37.0 Å². The van der Waals surface area contributed by atoms with E-state index in [9.17, 15) is 19.5 Å². The molecule has 1 amide bonds. The Morgan fingerprint density at radius 3 is 2.78 bits per heavy atom. The van der Waals surface area contributed by atoms with Crippen molar-refractivity contribution >= 4 is 33.6 Å². The van der Waals surface area contributed by atoms with Gasteiger partial charge in [-0.1, -0.05) is 47.8 Å². The van der Waals surface area contributed by atoms with Gasteiger partial charge in [-0.3, -0.25) is 14.4 Å². The number of Topliss-reactive ketones (excluding diaryl/α,β-unsaturated/α-hetero) is 1. The molecule has 1 saturated carbocycles. The van der Waals surface area contributed by atoms with Gasteiger partial charge in [0.25, 0.3) is 5.91 Å². The predicted octanol–water partition coefficient (Wildman–Crippen LogP) is 1.79. The summed E-state index contributed by atoms with van der Waals surface area (Å²) in [4.78, 5) is 40.7. The van der Waals surface area contributed by atoms with Crippen molar-refractivity contribution in [1.82, 2.24) is 4.90 Å². The summed E-state index contributed by atoms with van der Waals surface area (Å²) in [6.07, 6.45) is 7.80. The fourth-order valence-electron chi connectivity index (χ4n) is 6.30. The molecule has 0 spiro atoms. The van der Waals surface area contributed by atoms with Crippen molar-refractivity contribution < 1.29 is 24.2 Å². The van der Waals surface area contributed by atoms with Crippen LogP contribution in [0.15, 0.2) is 12.2 Å². The molecule has 5 rings (SSSR count). The summed E-state index contributed by atoms with van der Waals surface area (Å²) in [7, 11) is 0. The maximum Gasteiger partial charge on any atom is 0.314 e. The Morgan fingerprint density at radius 2 is 2.00 bits per heavy atom. The second-order valence-corrected chi connectivity index (χ2v) is 10.1. The Hall–Kier alpha value is -1.21. The van der Waals surface area contributed by atoms with Crippen LogP contribution in [0.4, 0.5) is 0 Å². The molecular weight excluding hydrogens is 414 g/mol. The number of esters is 1. The van der Waals surface area contributed by atoms with Crippen LogP contribution in [0.3, 0.4) is 0 Å². The number of rotatable bonds is 2. The van der Waals surface area contributed by atoms with Crippen molar-refractivity contribution in [2.24, 2.45) is 29.6 Å². The van der Waals surface area contributed by atoms with E-state index in [2.05, 4.69) is 28.1 Å². The zero-order valence-corrected chi connectivity index (χ0v) is 16.9. The second kappa shape index (κ2) is 5.66. The zero-order valence-electron chi connectivity index (χ0n) is 15.3. The van der Waals surface area contributed by atoms with Crippen LogP contribution in [0.2, 0.25) is 0 Å². The highest BCUT2D eigenvalue weighted by Crippen LogP contribution is 2.57. The number of halogens is 1. The lowest BCUT2D eigenvalue weighted by Crippen LogP contribution is -2.56. The van der Waals surface area contributed by atoms with Gasteiger partial charge in [0.2, 0.25) is 4.32 Å². The zero-order chi connectivity index (χ0) is 19.1. The predicted molar refractivity (Wildman–Crippen MR) is 98.6 cm³/mol. The molecule has 7 heteroatoms. The van der Waals surface area contributed by atoms with E-state index in [0.717, 1.165) is 25.7 Å². The van der Waals surface area contributed by atoms with Crippen LogP contribution < -0.4 is 0 Å². The van der Waals surface area contributed by atoms with E-state index in [4.69, 9.17) is 4.74 Å². The van der Waals surface area contributed by atoms with Crippen molar-refractivity contribution in [2.75, 3.05) is 6.54 Å². The number of amides is 1. The molecule has 5 aliphatic rings. The number of fused-ring (bicyclic) bond motifs is 1. The summed E-state index contributed by atoms with van der Waals surface area (Å²) >= 11 is 3.43. The number of carbonyl (C=O) groups is 3. The summed E-state index contributed by atoms with van der Waals surface area (Å²) in [5.41, 5.74) is -1.70. The molecule has 0 radical (unpaired) electrons. The minimum atomic E-state index is -1.70. The monoisotopic (exact) mass is 437 g/mol. The minimum Gasteiger partial charge on any atom is -0.454 e. The van der Waals surface area contributed by atoms with Crippen molar-refractivity contribution in [1.29, 1.82) is 0 Å². The Balaban J connectivity index is 1.55. The third-order valence-electron chi connectivity index (χ3n) is 7.63. The van der Waals surface area contributed by atoms with Crippen LogP contribution in [0, 0.1) is 29.6 Å². The van der Waals surface area contributed by atoms with Crippen LogP contribution in [0.5, 0.6) is 0 Å². The number of alkyl halides is 1. The average molecular weight is 438 g/mol. The van der Waals surface area contributed by atoms with Crippen LogP contribution in [-0.2, 0) is 19.1 Å². The molecule has 3 heterocycles. The first kappa shape index (κ1) is 17.9. The molecule has 3 aliphatic heterocycles. The lowest BCUT2D eigenvalue weighted by atomic mass is 9.62. The summed E-state index contributed by atoms with van der Waals surface area (Å²) in [6, 6.07) is 0. The number of ether oxygens (including phenoxy) is 1. The second-order valence-electron chi connectivity index (χ2n) is 8.86. The van der Waals surface area contributed by atoms with Crippen molar-refractivity contribution in [3.05, 3.63) is 12.2 Å². The van der Waals surface area contributed by atoms with Crippen molar-refractivity contribution in [3.63, 3.8) is 0 Å². The topological polar surface area (TPSA) is 83.9 Å². The fraction of sp³-hybridized carbons (Fsp3) is 0.750. The average Bonchev–Trinajstić information content (AvgIpc) is 3.19. The van der Waals surface area contributed by atoms with E-state index in [1.54, 1.807) is 0 Å². The first-order valence-electron chi connectivity index (χ1n) is 9.97. The highest BCUT2D eigenvalue weighted by molar-refractivity contribution is 9.10. The molecule has 6 nitrogen and oxygen atoms in total. The number of ketones is 1. The SMILES string of the molecule is C[C@H]1C=C[C@H]2CCCC[C@@H]2C1C(=O)[C@]1(Br)C(=O)N2CC[C@H]3C(=O)O[C@@H]1[C@]32O. The first-order chi connectivity index (χ1) is 12.8. The van der Waals surface area contributed by atoms with E-state index in [1.807, 2.05) is 6.92 Å². The van der Waals surface area contributed by atoms with Gasteiger partial charge in [-0.15, -0.1) is 0 Å². The van der Waals surface area contributed by atoms with Gasteiger partial charge >= 0.3 is 5.97 Å². The molecule has 146 valence electrons. The number of hydrogen-bond acceptors (Lipinski definition) is 5.